The lowest BCUT2D eigenvalue weighted by molar-refractivity contribution is -0.143. The van der Waals surface area contributed by atoms with Crippen molar-refractivity contribution in [3.05, 3.63) is 0 Å². The summed E-state index contributed by atoms with van der Waals surface area (Å²) in [4.78, 5) is 24.6. The van der Waals surface area contributed by atoms with Gasteiger partial charge in [-0.3, -0.25) is 9.59 Å². The van der Waals surface area contributed by atoms with Crippen molar-refractivity contribution in [1.29, 1.82) is 0 Å². The number of carbonyl (C=O) groups is 2. The lowest BCUT2D eigenvalue weighted by atomic mass is 9.96. The van der Waals surface area contributed by atoms with Crippen molar-refractivity contribution >= 4 is 11.7 Å². The SMILES string of the molecule is O=C1CCC(OCC(=O)N2CCOCC2)CC1. The fraction of sp³-hybridized carbons (Fsp3) is 0.833. The summed E-state index contributed by atoms with van der Waals surface area (Å²) in [6.07, 6.45) is 2.79. The highest BCUT2D eigenvalue weighted by Gasteiger charge is 2.22. The quantitative estimate of drug-likeness (QED) is 0.716. The van der Waals surface area contributed by atoms with Crippen LogP contribution in [0.5, 0.6) is 0 Å². The summed E-state index contributed by atoms with van der Waals surface area (Å²) in [6, 6.07) is 0. The van der Waals surface area contributed by atoms with Crippen molar-refractivity contribution in [2.24, 2.45) is 0 Å². The molecule has 1 heterocycles. The Hall–Kier alpha value is -0.940. The van der Waals surface area contributed by atoms with Gasteiger partial charge in [-0.2, -0.15) is 0 Å². The van der Waals surface area contributed by atoms with Crippen molar-refractivity contribution in [3.63, 3.8) is 0 Å². The second-order valence-electron chi connectivity index (χ2n) is 4.54. The Labute approximate surface area is 101 Å². The minimum absolute atomic E-state index is 0.0326. The van der Waals surface area contributed by atoms with E-state index in [1.807, 2.05) is 0 Å². The molecule has 1 aliphatic carbocycles. The summed E-state index contributed by atoms with van der Waals surface area (Å²) in [6.45, 7) is 2.68. The van der Waals surface area contributed by atoms with E-state index in [1.165, 1.54) is 0 Å². The standard InChI is InChI=1S/C12H19NO4/c14-10-1-3-11(4-2-10)17-9-12(15)13-5-7-16-8-6-13/h11H,1-9H2. The molecule has 1 saturated carbocycles. The van der Waals surface area contributed by atoms with Crippen molar-refractivity contribution in [3.8, 4) is 0 Å². The van der Waals surface area contributed by atoms with E-state index in [9.17, 15) is 9.59 Å². The molecule has 0 bridgehead atoms. The number of amides is 1. The van der Waals surface area contributed by atoms with E-state index in [0.717, 1.165) is 12.8 Å². The van der Waals surface area contributed by atoms with E-state index in [1.54, 1.807) is 4.90 Å². The summed E-state index contributed by atoms with van der Waals surface area (Å²) >= 11 is 0. The number of hydrogen-bond acceptors (Lipinski definition) is 4. The van der Waals surface area contributed by atoms with Gasteiger partial charge in [-0.1, -0.05) is 0 Å². The summed E-state index contributed by atoms with van der Waals surface area (Å²) in [7, 11) is 0. The van der Waals surface area contributed by atoms with Crippen LogP contribution in [0.1, 0.15) is 25.7 Å². The van der Waals surface area contributed by atoms with Crippen LogP contribution in [0.25, 0.3) is 0 Å². The molecule has 0 radical (unpaired) electrons. The maximum atomic E-state index is 11.8. The summed E-state index contributed by atoms with van der Waals surface area (Å²) < 4.78 is 10.7. The number of ketones is 1. The summed E-state index contributed by atoms with van der Waals surface area (Å²) in [5.74, 6) is 0.342. The number of carbonyl (C=O) groups excluding carboxylic acids is 2. The summed E-state index contributed by atoms with van der Waals surface area (Å²) in [5, 5.41) is 0. The first-order valence-electron chi connectivity index (χ1n) is 6.24. The van der Waals surface area contributed by atoms with E-state index in [-0.39, 0.29) is 18.6 Å². The molecule has 0 atom stereocenters. The molecule has 0 aromatic carbocycles. The molecule has 2 fully saturated rings. The second kappa shape index (κ2) is 6.12. The molecule has 0 aromatic heterocycles. The highest BCUT2D eigenvalue weighted by Crippen LogP contribution is 2.17. The van der Waals surface area contributed by atoms with Gasteiger partial charge in [0.1, 0.15) is 12.4 Å². The molecule has 5 heteroatoms. The zero-order valence-corrected chi connectivity index (χ0v) is 10.0. The smallest absolute Gasteiger partial charge is 0.248 e. The van der Waals surface area contributed by atoms with Gasteiger partial charge >= 0.3 is 0 Å². The number of hydrogen-bond donors (Lipinski definition) is 0. The Kier molecular flexibility index (Phi) is 4.50. The Bertz CT molecular complexity index is 276. The van der Waals surface area contributed by atoms with Gasteiger partial charge in [0.05, 0.1) is 19.3 Å². The second-order valence-corrected chi connectivity index (χ2v) is 4.54. The van der Waals surface area contributed by atoms with Gasteiger partial charge in [0, 0.05) is 25.9 Å². The van der Waals surface area contributed by atoms with E-state index < -0.39 is 0 Å². The van der Waals surface area contributed by atoms with Crippen molar-refractivity contribution < 1.29 is 19.1 Å². The minimum Gasteiger partial charge on any atom is -0.378 e. The van der Waals surface area contributed by atoms with Gasteiger partial charge in [-0.25, -0.2) is 0 Å². The molecule has 5 nitrogen and oxygen atoms in total. The Morgan fingerprint density at radius 2 is 1.94 bits per heavy atom. The fourth-order valence-electron chi connectivity index (χ4n) is 2.17. The average molecular weight is 241 g/mol. The molecule has 0 aromatic rings. The van der Waals surface area contributed by atoms with Crippen molar-refractivity contribution in [2.45, 2.75) is 31.8 Å². The Balaban J connectivity index is 1.67. The molecule has 96 valence electrons. The van der Waals surface area contributed by atoms with Crippen LogP contribution in [0.15, 0.2) is 0 Å². The summed E-state index contributed by atoms with van der Waals surface area (Å²) in [5.41, 5.74) is 0. The van der Waals surface area contributed by atoms with Gasteiger partial charge in [-0.15, -0.1) is 0 Å². The molecule has 17 heavy (non-hydrogen) atoms. The number of morpholine rings is 1. The van der Waals surface area contributed by atoms with Gasteiger partial charge < -0.3 is 14.4 Å². The van der Waals surface area contributed by atoms with Crippen molar-refractivity contribution in [2.75, 3.05) is 32.9 Å². The van der Waals surface area contributed by atoms with E-state index in [4.69, 9.17) is 9.47 Å². The van der Waals surface area contributed by atoms with Gasteiger partial charge in [0.15, 0.2) is 0 Å². The van der Waals surface area contributed by atoms with Crippen LogP contribution in [-0.2, 0) is 19.1 Å². The van der Waals surface area contributed by atoms with Crippen molar-refractivity contribution in [1.82, 2.24) is 4.90 Å². The number of nitrogens with zero attached hydrogens (tertiary/aromatic N) is 1. The maximum absolute atomic E-state index is 11.8. The third-order valence-corrected chi connectivity index (χ3v) is 3.30. The predicted octanol–water partition coefficient (Wildman–Crippen LogP) is 0.373. The molecule has 0 unspecified atom stereocenters. The third kappa shape index (κ3) is 3.78. The van der Waals surface area contributed by atoms with E-state index in [0.29, 0.717) is 44.9 Å². The van der Waals surface area contributed by atoms with Crippen LogP contribution in [-0.4, -0.2) is 55.6 Å². The van der Waals surface area contributed by atoms with Crippen LogP contribution >= 0.6 is 0 Å². The van der Waals surface area contributed by atoms with E-state index >= 15 is 0 Å². The topological polar surface area (TPSA) is 55.8 Å². The maximum Gasteiger partial charge on any atom is 0.248 e. The predicted molar refractivity (Wildman–Crippen MR) is 60.6 cm³/mol. The lowest BCUT2D eigenvalue weighted by Gasteiger charge is -2.28. The molecule has 2 aliphatic rings. The zero-order valence-electron chi connectivity index (χ0n) is 10.0. The Morgan fingerprint density at radius 3 is 2.59 bits per heavy atom. The molecule has 0 spiro atoms. The van der Waals surface area contributed by atoms with Gasteiger partial charge in [-0.05, 0) is 12.8 Å². The van der Waals surface area contributed by atoms with Crippen LogP contribution in [0.4, 0.5) is 0 Å². The molecular formula is C12H19NO4. The molecule has 1 amide bonds. The van der Waals surface area contributed by atoms with Gasteiger partial charge in [0.25, 0.3) is 0 Å². The average Bonchev–Trinajstić information content (AvgIpc) is 2.39. The number of Topliss-reactive ketones (excluding diaryl/α,β-unsaturated/α-hetero) is 1. The molecule has 1 saturated heterocycles. The first-order chi connectivity index (χ1) is 8.25. The Morgan fingerprint density at radius 1 is 1.29 bits per heavy atom. The van der Waals surface area contributed by atoms with Crippen LogP contribution in [0, 0.1) is 0 Å². The molecule has 0 N–H and O–H groups in total. The highest BCUT2D eigenvalue weighted by molar-refractivity contribution is 5.79. The zero-order chi connectivity index (χ0) is 12.1. The third-order valence-electron chi connectivity index (χ3n) is 3.30. The molecular weight excluding hydrogens is 222 g/mol. The highest BCUT2D eigenvalue weighted by atomic mass is 16.5. The lowest BCUT2D eigenvalue weighted by Crippen LogP contribution is -2.43. The molecule has 2 rings (SSSR count). The normalized spacial score (nSPS) is 22.8. The first kappa shape index (κ1) is 12.5. The van der Waals surface area contributed by atoms with E-state index in [2.05, 4.69) is 0 Å². The first-order valence-corrected chi connectivity index (χ1v) is 6.24. The van der Waals surface area contributed by atoms with Crippen LogP contribution < -0.4 is 0 Å². The van der Waals surface area contributed by atoms with Crippen LogP contribution in [0.3, 0.4) is 0 Å². The largest absolute Gasteiger partial charge is 0.378 e. The minimum atomic E-state index is 0.0326. The van der Waals surface area contributed by atoms with Gasteiger partial charge in [0.2, 0.25) is 5.91 Å². The fourth-order valence-corrected chi connectivity index (χ4v) is 2.17. The van der Waals surface area contributed by atoms with Crippen LogP contribution in [0.2, 0.25) is 0 Å². The monoisotopic (exact) mass is 241 g/mol. The molecule has 1 aliphatic heterocycles. The number of ether oxygens (including phenoxy) is 2. The number of rotatable bonds is 3.